The molecule has 0 aliphatic heterocycles. The standard InChI is InChI=1S/C9H7ClO2.C3H4O2/c1-6(9(11)12)7-2-4-8(10)5-3-7;1-2-3(4)5/h2-5H,1H2,(H,11,12);2H,1H2,(H,4,5). The van der Waals surface area contributed by atoms with Gasteiger partial charge < -0.3 is 10.2 Å². The monoisotopic (exact) mass is 254 g/mol. The Labute approximate surface area is 103 Å². The molecule has 0 bridgehead atoms. The molecule has 1 aromatic carbocycles. The number of carbonyl (C=O) groups is 2. The molecule has 1 aromatic rings. The van der Waals surface area contributed by atoms with E-state index in [1.165, 1.54) is 0 Å². The Balaban J connectivity index is 0.000000437. The van der Waals surface area contributed by atoms with Crippen LogP contribution in [0.1, 0.15) is 5.56 Å². The van der Waals surface area contributed by atoms with Gasteiger partial charge in [-0.3, -0.25) is 0 Å². The molecule has 0 radical (unpaired) electrons. The minimum absolute atomic E-state index is 0.0756. The van der Waals surface area contributed by atoms with Crippen LogP contribution in [0.2, 0.25) is 5.02 Å². The van der Waals surface area contributed by atoms with Crippen molar-refractivity contribution in [3.63, 3.8) is 0 Å². The lowest BCUT2D eigenvalue weighted by Gasteiger charge is -1.98. The smallest absolute Gasteiger partial charge is 0.335 e. The highest BCUT2D eigenvalue weighted by Crippen LogP contribution is 2.15. The van der Waals surface area contributed by atoms with Crippen LogP contribution in [0.4, 0.5) is 0 Å². The molecule has 1 rings (SSSR count). The maximum absolute atomic E-state index is 10.5. The average molecular weight is 255 g/mol. The topological polar surface area (TPSA) is 74.6 Å². The van der Waals surface area contributed by atoms with Gasteiger partial charge in [-0.2, -0.15) is 0 Å². The summed E-state index contributed by atoms with van der Waals surface area (Å²) in [5.41, 5.74) is 0.651. The summed E-state index contributed by atoms with van der Waals surface area (Å²) in [6.45, 7) is 6.37. The van der Waals surface area contributed by atoms with Crippen LogP contribution in [0.3, 0.4) is 0 Å². The van der Waals surface area contributed by atoms with Crippen molar-refractivity contribution in [1.82, 2.24) is 0 Å². The van der Waals surface area contributed by atoms with Gasteiger partial charge in [0.2, 0.25) is 0 Å². The molecule has 2 N–H and O–H groups in total. The van der Waals surface area contributed by atoms with E-state index in [1.54, 1.807) is 24.3 Å². The Morgan fingerprint density at radius 1 is 1.18 bits per heavy atom. The van der Waals surface area contributed by atoms with Crippen molar-refractivity contribution in [2.45, 2.75) is 0 Å². The van der Waals surface area contributed by atoms with E-state index in [-0.39, 0.29) is 5.57 Å². The van der Waals surface area contributed by atoms with E-state index in [0.717, 1.165) is 6.08 Å². The first-order chi connectivity index (χ1) is 7.88. The summed E-state index contributed by atoms with van der Waals surface area (Å²) in [7, 11) is 0. The molecule has 0 saturated heterocycles. The van der Waals surface area contributed by atoms with Gasteiger partial charge in [0, 0.05) is 11.1 Å². The molecular formula is C12H11ClO4. The SMILES string of the molecule is C=C(C(=O)O)c1ccc(Cl)cc1.C=CC(=O)O. The maximum atomic E-state index is 10.5. The molecule has 0 spiro atoms. The summed E-state index contributed by atoms with van der Waals surface area (Å²) in [5.74, 6) is -2.00. The lowest BCUT2D eigenvalue weighted by atomic mass is 10.1. The average Bonchev–Trinajstić information content (AvgIpc) is 2.29. The quantitative estimate of drug-likeness (QED) is 0.814. The molecule has 0 amide bonds. The molecule has 0 unspecified atom stereocenters. The fourth-order valence-electron chi connectivity index (χ4n) is 0.775. The van der Waals surface area contributed by atoms with Crippen molar-refractivity contribution in [1.29, 1.82) is 0 Å². The van der Waals surface area contributed by atoms with Crippen LogP contribution in [0, 0.1) is 0 Å². The zero-order chi connectivity index (χ0) is 13.4. The van der Waals surface area contributed by atoms with Gasteiger partial charge in [-0.1, -0.05) is 36.9 Å². The van der Waals surface area contributed by atoms with Crippen molar-refractivity contribution in [3.05, 3.63) is 54.1 Å². The third-order valence-electron chi connectivity index (χ3n) is 1.63. The Morgan fingerprint density at radius 2 is 1.59 bits per heavy atom. The summed E-state index contributed by atoms with van der Waals surface area (Å²) in [6.07, 6.45) is 0.833. The first-order valence-electron chi connectivity index (χ1n) is 4.42. The molecule has 4 nitrogen and oxygen atoms in total. The third kappa shape index (κ3) is 6.17. The predicted octanol–water partition coefficient (Wildman–Crippen LogP) is 2.69. The Morgan fingerprint density at radius 3 is 1.88 bits per heavy atom. The third-order valence-corrected chi connectivity index (χ3v) is 1.88. The summed E-state index contributed by atoms with van der Waals surface area (Å²) >= 11 is 5.62. The molecule has 5 heteroatoms. The minimum atomic E-state index is -1.02. The number of benzene rings is 1. The summed E-state index contributed by atoms with van der Waals surface area (Å²) < 4.78 is 0. The molecule has 0 aliphatic rings. The van der Waals surface area contributed by atoms with E-state index in [2.05, 4.69) is 13.2 Å². The van der Waals surface area contributed by atoms with Gasteiger partial charge in [-0.05, 0) is 17.7 Å². The first kappa shape index (κ1) is 14.9. The number of hydrogen-bond acceptors (Lipinski definition) is 2. The lowest BCUT2D eigenvalue weighted by Crippen LogP contribution is -1.97. The largest absolute Gasteiger partial charge is 0.478 e. The van der Waals surface area contributed by atoms with Crippen molar-refractivity contribution in [3.8, 4) is 0 Å². The highest BCUT2D eigenvalue weighted by atomic mass is 35.5. The van der Waals surface area contributed by atoms with E-state index in [4.69, 9.17) is 21.8 Å². The van der Waals surface area contributed by atoms with Crippen LogP contribution in [-0.4, -0.2) is 22.2 Å². The number of hydrogen-bond donors (Lipinski definition) is 2. The van der Waals surface area contributed by atoms with Gasteiger partial charge >= 0.3 is 11.9 Å². The second-order valence-electron chi connectivity index (χ2n) is 2.83. The molecule has 0 saturated carbocycles. The number of carboxylic acids is 2. The van der Waals surface area contributed by atoms with Crippen molar-refractivity contribution in [2.75, 3.05) is 0 Å². The molecule has 0 heterocycles. The van der Waals surface area contributed by atoms with Crippen LogP contribution in [0.25, 0.3) is 5.57 Å². The second-order valence-corrected chi connectivity index (χ2v) is 3.27. The molecule has 0 aromatic heterocycles. The van der Waals surface area contributed by atoms with Crippen molar-refractivity contribution >= 4 is 29.1 Å². The van der Waals surface area contributed by atoms with E-state index >= 15 is 0 Å². The second kappa shape index (κ2) is 7.24. The van der Waals surface area contributed by atoms with Gasteiger partial charge in [0.05, 0.1) is 5.57 Å². The molecular weight excluding hydrogens is 244 g/mol. The summed E-state index contributed by atoms with van der Waals surface area (Å²) in [4.78, 5) is 19.7. The minimum Gasteiger partial charge on any atom is -0.478 e. The van der Waals surface area contributed by atoms with Gasteiger partial charge in [-0.15, -0.1) is 0 Å². The number of halogens is 1. The van der Waals surface area contributed by atoms with Gasteiger partial charge in [0.1, 0.15) is 0 Å². The van der Waals surface area contributed by atoms with Gasteiger partial charge in [0.25, 0.3) is 0 Å². The number of carboxylic acid groups (broad SMARTS) is 2. The highest BCUT2D eigenvalue weighted by molar-refractivity contribution is 6.30. The zero-order valence-electron chi connectivity index (χ0n) is 8.89. The fourth-order valence-corrected chi connectivity index (χ4v) is 0.901. The molecule has 0 fully saturated rings. The van der Waals surface area contributed by atoms with E-state index in [9.17, 15) is 9.59 Å². The van der Waals surface area contributed by atoms with E-state index in [1.807, 2.05) is 0 Å². The number of aliphatic carboxylic acids is 2. The molecule has 0 atom stereocenters. The molecule has 17 heavy (non-hydrogen) atoms. The van der Waals surface area contributed by atoms with Crippen LogP contribution in [0.5, 0.6) is 0 Å². The molecule has 0 aliphatic carbocycles. The number of rotatable bonds is 3. The normalized spacial score (nSPS) is 8.53. The van der Waals surface area contributed by atoms with Crippen LogP contribution in [-0.2, 0) is 9.59 Å². The van der Waals surface area contributed by atoms with Crippen LogP contribution in [0.15, 0.2) is 43.5 Å². The van der Waals surface area contributed by atoms with E-state index < -0.39 is 11.9 Å². The van der Waals surface area contributed by atoms with Gasteiger partial charge in [0.15, 0.2) is 0 Å². The fraction of sp³-hybridized carbons (Fsp3) is 0. The van der Waals surface area contributed by atoms with Crippen molar-refractivity contribution < 1.29 is 19.8 Å². The Bertz CT molecular complexity index is 434. The Kier molecular flexibility index (Phi) is 6.36. The summed E-state index contributed by atoms with van der Waals surface area (Å²) in [5, 5.41) is 16.8. The zero-order valence-corrected chi connectivity index (χ0v) is 9.65. The highest BCUT2D eigenvalue weighted by Gasteiger charge is 2.05. The van der Waals surface area contributed by atoms with Gasteiger partial charge in [-0.25, -0.2) is 9.59 Å². The van der Waals surface area contributed by atoms with Crippen molar-refractivity contribution in [2.24, 2.45) is 0 Å². The van der Waals surface area contributed by atoms with Crippen LogP contribution < -0.4 is 0 Å². The molecule has 90 valence electrons. The van der Waals surface area contributed by atoms with E-state index in [0.29, 0.717) is 10.6 Å². The van der Waals surface area contributed by atoms with Crippen LogP contribution >= 0.6 is 11.6 Å². The summed E-state index contributed by atoms with van der Waals surface area (Å²) in [6, 6.07) is 6.51. The Hall–Kier alpha value is -2.07. The maximum Gasteiger partial charge on any atom is 0.335 e. The predicted molar refractivity (Wildman–Crippen MR) is 66.0 cm³/mol. The lowest BCUT2D eigenvalue weighted by molar-refractivity contribution is -0.132. The first-order valence-corrected chi connectivity index (χ1v) is 4.79.